The summed E-state index contributed by atoms with van der Waals surface area (Å²) in [5.74, 6) is 0.430. The third-order valence-corrected chi connectivity index (χ3v) is 2.88. The number of hydrogen-bond donors (Lipinski definition) is 1. The van der Waals surface area contributed by atoms with Gasteiger partial charge in [0.25, 0.3) is 0 Å². The molecule has 0 saturated heterocycles. The molecule has 0 unspecified atom stereocenters. The Bertz CT molecular complexity index is 740. The minimum atomic E-state index is -0.213. The van der Waals surface area contributed by atoms with Crippen LogP contribution in [0.5, 0.6) is 0 Å². The highest BCUT2D eigenvalue weighted by Crippen LogP contribution is 2.19. The first kappa shape index (κ1) is 11.6. The van der Waals surface area contributed by atoms with Crippen LogP contribution in [-0.4, -0.2) is 9.97 Å². The van der Waals surface area contributed by atoms with Crippen LogP contribution in [-0.2, 0) is 0 Å². The largest absolute Gasteiger partial charge is 0.339 e. The molecule has 3 aromatic rings. The van der Waals surface area contributed by atoms with E-state index < -0.39 is 0 Å². The molecule has 4 heteroatoms. The summed E-state index contributed by atoms with van der Waals surface area (Å²) in [5.41, 5.74) is 3.07. The molecule has 3 nitrogen and oxygen atoms in total. The minimum Gasteiger partial charge on any atom is -0.339 e. The molecule has 19 heavy (non-hydrogen) atoms. The van der Waals surface area contributed by atoms with Crippen LogP contribution in [0.3, 0.4) is 0 Å². The fraction of sp³-hybridized carbons (Fsp3) is 0.0667. The van der Waals surface area contributed by atoms with Crippen molar-refractivity contribution >= 4 is 22.5 Å². The van der Waals surface area contributed by atoms with Crippen LogP contribution < -0.4 is 5.32 Å². The monoisotopic (exact) mass is 253 g/mol. The predicted molar refractivity (Wildman–Crippen MR) is 74.0 cm³/mol. The van der Waals surface area contributed by atoms with Gasteiger partial charge in [0, 0.05) is 5.69 Å². The average molecular weight is 253 g/mol. The second kappa shape index (κ2) is 4.65. The van der Waals surface area contributed by atoms with Crippen molar-refractivity contribution in [2.45, 2.75) is 6.92 Å². The quantitative estimate of drug-likeness (QED) is 0.754. The third kappa shape index (κ3) is 2.38. The van der Waals surface area contributed by atoms with Crippen molar-refractivity contribution in [3.63, 3.8) is 0 Å². The van der Waals surface area contributed by atoms with E-state index in [0.29, 0.717) is 11.4 Å². The standard InChI is InChI=1S/C15H12FN3/c1-10-8-11(6-7-12(10)16)18-15-9-17-13-4-2-3-5-14(13)19-15/h2-9H,1H3,(H,18,19). The Labute approximate surface area is 110 Å². The van der Waals surface area contributed by atoms with Crippen LogP contribution in [0, 0.1) is 12.7 Å². The maximum Gasteiger partial charge on any atom is 0.149 e. The van der Waals surface area contributed by atoms with E-state index in [9.17, 15) is 4.39 Å². The van der Waals surface area contributed by atoms with Crippen LogP contribution >= 0.6 is 0 Å². The summed E-state index contributed by atoms with van der Waals surface area (Å²) in [6, 6.07) is 12.5. The van der Waals surface area contributed by atoms with Crippen molar-refractivity contribution in [1.29, 1.82) is 0 Å². The van der Waals surface area contributed by atoms with Gasteiger partial charge in [0.1, 0.15) is 11.6 Å². The van der Waals surface area contributed by atoms with Crippen molar-refractivity contribution in [2.24, 2.45) is 0 Å². The fourth-order valence-corrected chi connectivity index (χ4v) is 1.89. The van der Waals surface area contributed by atoms with E-state index >= 15 is 0 Å². The van der Waals surface area contributed by atoms with Crippen LogP contribution in [0.4, 0.5) is 15.9 Å². The molecule has 0 atom stereocenters. The predicted octanol–water partition coefficient (Wildman–Crippen LogP) is 3.82. The lowest BCUT2D eigenvalue weighted by Crippen LogP contribution is -1.96. The first-order valence-electron chi connectivity index (χ1n) is 5.97. The SMILES string of the molecule is Cc1cc(Nc2cnc3ccccc3n2)ccc1F. The van der Waals surface area contributed by atoms with Gasteiger partial charge in [-0.15, -0.1) is 0 Å². The molecule has 3 rings (SSSR count). The maximum atomic E-state index is 13.2. The van der Waals surface area contributed by atoms with Gasteiger partial charge in [-0.05, 0) is 42.8 Å². The molecule has 94 valence electrons. The Kier molecular flexibility index (Phi) is 2.83. The molecule has 0 fully saturated rings. The topological polar surface area (TPSA) is 37.8 Å². The van der Waals surface area contributed by atoms with Gasteiger partial charge in [0.2, 0.25) is 0 Å². The molecule has 0 spiro atoms. The number of nitrogens with zero attached hydrogens (tertiary/aromatic N) is 2. The van der Waals surface area contributed by atoms with Crippen molar-refractivity contribution < 1.29 is 4.39 Å². The molecule has 0 radical (unpaired) electrons. The molecular weight excluding hydrogens is 241 g/mol. The summed E-state index contributed by atoms with van der Waals surface area (Å²) >= 11 is 0. The number of aryl methyl sites for hydroxylation is 1. The van der Waals surface area contributed by atoms with E-state index in [4.69, 9.17) is 0 Å². The van der Waals surface area contributed by atoms with Crippen molar-refractivity contribution in [3.8, 4) is 0 Å². The van der Waals surface area contributed by atoms with Gasteiger partial charge in [-0.2, -0.15) is 0 Å². The molecule has 1 aromatic heterocycles. The second-order valence-corrected chi connectivity index (χ2v) is 4.33. The summed E-state index contributed by atoms with van der Waals surface area (Å²) in [6.07, 6.45) is 1.67. The summed E-state index contributed by atoms with van der Waals surface area (Å²) in [7, 11) is 0. The number of rotatable bonds is 2. The summed E-state index contributed by atoms with van der Waals surface area (Å²) in [4.78, 5) is 8.77. The Balaban J connectivity index is 1.94. The number of benzene rings is 2. The van der Waals surface area contributed by atoms with Gasteiger partial charge >= 0.3 is 0 Å². The highest BCUT2D eigenvalue weighted by Gasteiger charge is 2.02. The molecule has 0 aliphatic rings. The molecule has 0 bridgehead atoms. The van der Waals surface area contributed by atoms with Crippen molar-refractivity contribution in [2.75, 3.05) is 5.32 Å². The van der Waals surface area contributed by atoms with E-state index in [1.807, 2.05) is 24.3 Å². The van der Waals surface area contributed by atoms with E-state index in [0.717, 1.165) is 16.7 Å². The van der Waals surface area contributed by atoms with E-state index in [1.165, 1.54) is 6.07 Å². The maximum absolute atomic E-state index is 13.2. The Morgan fingerprint density at radius 2 is 1.84 bits per heavy atom. The highest BCUT2D eigenvalue weighted by atomic mass is 19.1. The van der Waals surface area contributed by atoms with E-state index in [2.05, 4.69) is 15.3 Å². The summed E-state index contributed by atoms with van der Waals surface area (Å²) in [5, 5.41) is 3.12. The zero-order chi connectivity index (χ0) is 13.2. The third-order valence-electron chi connectivity index (χ3n) is 2.88. The van der Waals surface area contributed by atoms with Gasteiger partial charge in [0.05, 0.1) is 17.2 Å². The zero-order valence-corrected chi connectivity index (χ0v) is 10.4. The minimum absolute atomic E-state index is 0.213. The van der Waals surface area contributed by atoms with Crippen LogP contribution in [0.25, 0.3) is 11.0 Å². The number of para-hydroxylation sites is 2. The number of halogens is 1. The lowest BCUT2D eigenvalue weighted by Gasteiger charge is -2.07. The molecule has 1 heterocycles. The molecule has 0 amide bonds. The van der Waals surface area contributed by atoms with Gasteiger partial charge in [-0.3, -0.25) is 4.98 Å². The molecule has 1 N–H and O–H groups in total. The lowest BCUT2D eigenvalue weighted by molar-refractivity contribution is 0.619. The number of aromatic nitrogens is 2. The summed E-state index contributed by atoms with van der Waals surface area (Å²) in [6.45, 7) is 1.73. The van der Waals surface area contributed by atoms with Gasteiger partial charge in [-0.25, -0.2) is 9.37 Å². The molecule has 2 aromatic carbocycles. The Morgan fingerprint density at radius 1 is 1.05 bits per heavy atom. The van der Waals surface area contributed by atoms with Crippen LogP contribution in [0.2, 0.25) is 0 Å². The zero-order valence-electron chi connectivity index (χ0n) is 10.4. The normalized spacial score (nSPS) is 10.6. The lowest BCUT2D eigenvalue weighted by atomic mass is 10.2. The molecular formula is C15H12FN3. The van der Waals surface area contributed by atoms with E-state index in [1.54, 1.807) is 25.3 Å². The number of fused-ring (bicyclic) bond motifs is 1. The molecule has 0 aliphatic heterocycles. The Hall–Kier alpha value is -2.49. The van der Waals surface area contributed by atoms with Gasteiger partial charge < -0.3 is 5.32 Å². The summed E-state index contributed by atoms with van der Waals surface area (Å²) < 4.78 is 13.2. The van der Waals surface area contributed by atoms with Crippen LogP contribution in [0.15, 0.2) is 48.7 Å². The highest BCUT2D eigenvalue weighted by molar-refractivity contribution is 5.76. The number of nitrogens with one attached hydrogen (secondary N) is 1. The Morgan fingerprint density at radius 3 is 2.63 bits per heavy atom. The smallest absolute Gasteiger partial charge is 0.149 e. The van der Waals surface area contributed by atoms with Gasteiger partial charge in [-0.1, -0.05) is 12.1 Å². The molecule has 0 aliphatic carbocycles. The second-order valence-electron chi connectivity index (χ2n) is 4.33. The van der Waals surface area contributed by atoms with Crippen LogP contribution in [0.1, 0.15) is 5.56 Å². The number of hydrogen-bond acceptors (Lipinski definition) is 3. The number of anilines is 2. The molecule has 0 saturated carbocycles. The van der Waals surface area contributed by atoms with E-state index in [-0.39, 0.29) is 5.82 Å². The van der Waals surface area contributed by atoms with Gasteiger partial charge in [0.15, 0.2) is 0 Å². The first-order valence-corrected chi connectivity index (χ1v) is 5.97. The average Bonchev–Trinajstić information content (AvgIpc) is 2.43. The van der Waals surface area contributed by atoms with Crippen molar-refractivity contribution in [1.82, 2.24) is 9.97 Å². The first-order chi connectivity index (χ1) is 9.22. The van der Waals surface area contributed by atoms with Crippen molar-refractivity contribution in [3.05, 3.63) is 60.0 Å². The fourth-order valence-electron chi connectivity index (χ4n) is 1.89.